The maximum Gasteiger partial charge on any atom is 0.350 e. The summed E-state index contributed by atoms with van der Waals surface area (Å²) in [6, 6.07) is 61.9. The summed E-state index contributed by atoms with van der Waals surface area (Å²) in [6.45, 7) is 22.0. The van der Waals surface area contributed by atoms with E-state index in [1.54, 1.807) is 251 Å². The van der Waals surface area contributed by atoms with Crippen molar-refractivity contribution in [1.82, 2.24) is 28.7 Å². The van der Waals surface area contributed by atoms with Crippen LogP contribution >= 0.6 is 115 Å². The highest BCUT2D eigenvalue weighted by Gasteiger charge is 2.29. The van der Waals surface area contributed by atoms with Gasteiger partial charge in [-0.2, -0.15) is 45.3 Å². The van der Waals surface area contributed by atoms with Gasteiger partial charge in [0.15, 0.2) is 16.9 Å². The molecule has 0 spiro atoms. The Bertz CT molecular complexity index is 7530. The minimum absolute atomic E-state index is 0.0166. The molecule has 0 saturated heterocycles. The zero-order valence-corrected chi connectivity index (χ0v) is 84.5. The molecular formula is C102H84Cl6N20O12S4. The van der Waals surface area contributed by atoms with Crippen molar-refractivity contribution in [2.24, 2.45) is 21.5 Å². The number of carbonyl (C=O) groups excluding carboxylic acids is 10. The third-order valence-corrected chi connectivity index (χ3v) is 25.6. The van der Waals surface area contributed by atoms with E-state index in [-0.39, 0.29) is 96.2 Å². The number of amides is 10. The highest BCUT2D eigenvalue weighted by Crippen LogP contribution is 2.36. The lowest BCUT2D eigenvalue weighted by atomic mass is 10.1. The maximum absolute atomic E-state index is 13.5. The van der Waals surface area contributed by atoms with Crippen molar-refractivity contribution in [2.45, 2.75) is 86.3 Å². The van der Waals surface area contributed by atoms with Crippen LogP contribution in [-0.2, 0) is 107 Å². The van der Waals surface area contributed by atoms with Crippen LogP contribution in [0.2, 0.25) is 25.1 Å². The molecule has 144 heavy (non-hydrogen) atoms. The number of imidazole rings is 3. The SMILES string of the molecule is CC(=O)Nc1ccc(N(Cc2ccsc2)C(=O)CCl)cc1.CC(=O)Nc1ccc(N(Cc2ccsc2)C(=O)Cn2c(C(N)=O)nc3ccc(Cl)cc32)cc1.NC(=O)C1=Nc2ccc(Cl)cc2C1.O=C(O)C1=Nc2ccc(Cl)cc2C1.[C-]#[N+]c1nc2cc(Cl)ccc2n1CC(=O)N(Cc1ccsc1)c1ccc(NC(C)=O)cc1.[C-]#[N+]c1nc2ccc(Cl)cc2n1CC(=O)N(Cc1ccsc1)c1ccc(NC(C)=O)cc1. The summed E-state index contributed by atoms with van der Waals surface area (Å²) in [5.41, 5.74) is 27.5. The second-order valence-electron chi connectivity index (χ2n) is 31.7. The Labute approximate surface area is 870 Å². The van der Waals surface area contributed by atoms with Crippen LogP contribution in [0.1, 0.15) is 71.7 Å². The number of primary amides is 2. The third kappa shape index (κ3) is 28.7. The van der Waals surface area contributed by atoms with Gasteiger partial charge in [-0.3, -0.25) is 57.1 Å². The van der Waals surface area contributed by atoms with E-state index in [9.17, 15) is 52.7 Å². The molecule has 18 rings (SSSR count). The lowest BCUT2D eigenvalue weighted by Gasteiger charge is -2.23. The van der Waals surface area contributed by atoms with E-state index in [2.05, 4.69) is 55.9 Å². The molecule has 2 aliphatic rings. The summed E-state index contributed by atoms with van der Waals surface area (Å²) in [4.78, 5) is 165. The van der Waals surface area contributed by atoms with E-state index in [4.69, 9.17) is 99.3 Å². The van der Waals surface area contributed by atoms with Crippen LogP contribution in [0, 0.1) is 13.1 Å². The van der Waals surface area contributed by atoms with E-state index < -0.39 is 17.8 Å². The van der Waals surface area contributed by atoms with E-state index in [0.717, 1.165) is 44.8 Å². The summed E-state index contributed by atoms with van der Waals surface area (Å²) in [5.74, 6) is -3.45. The fourth-order valence-electron chi connectivity index (χ4n) is 14.7. The molecule has 32 nitrogen and oxygen atoms in total. The van der Waals surface area contributed by atoms with Crippen LogP contribution in [0.25, 0.3) is 42.8 Å². The lowest BCUT2D eigenvalue weighted by Crippen LogP contribution is -2.34. The van der Waals surface area contributed by atoms with Gasteiger partial charge in [-0.1, -0.05) is 58.0 Å². The van der Waals surface area contributed by atoms with E-state index in [1.165, 1.54) is 43.6 Å². The number of aliphatic carboxylic acids is 1. The zero-order valence-electron chi connectivity index (χ0n) is 76.7. The first-order chi connectivity index (χ1) is 69.1. The largest absolute Gasteiger partial charge is 0.477 e. The number of carboxylic acids is 1. The standard InChI is InChI=1S/C23H20ClN5O3S.2C23H18ClN5O2S.C15H15ClN2O2S.C9H7ClN2O.C9H6ClNO2/c1-14(30)26-17-3-5-18(6-4-17)28(11-15-8-9-33-13-15)21(31)12-29-20-10-16(24)2-7-19(20)27-23(29)22(25)32;1-15(30)26-18-4-6-19(7-5-18)28(12-16-9-10-32-14-16)22(31)13-29-21-8-3-17(24)11-20(21)27-23(29)25-2;1-15(30)26-18-4-6-19(7-5-18)28(12-16-9-10-32-14-16)22(31)13-29-21-11-17(24)3-8-20(21)27-23(29)25-2;1-11(19)17-13-2-4-14(5-3-13)18(15(20)8-16)9-12-6-7-21-10-12;10-6-1-2-7-5(3-6)4-8(12-7)9(11)13;10-6-1-2-7-5(3-6)4-8(11-7)9(12)13/h2-10,13H,11-12H2,1H3,(H2,25,32)(H,26,30);2*3-11,14H,12-13H2,1H3,(H,26,30);2-7,10H,8-9H2,1H3,(H,17,19);1-3H,4H2,(H2,11,13);1-3H,4H2,(H,12,13). The molecule has 0 radical (unpaired) electrons. The number of aliphatic imine (C=N–C) groups is 2. The van der Waals surface area contributed by atoms with Gasteiger partial charge in [0.1, 0.15) is 48.0 Å². The van der Waals surface area contributed by atoms with Gasteiger partial charge in [0, 0.05) is 117 Å². The molecule has 0 bridgehead atoms. The van der Waals surface area contributed by atoms with Gasteiger partial charge in [0.2, 0.25) is 35.4 Å². The molecule has 0 aliphatic carbocycles. The minimum Gasteiger partial charge on any atom is -0.477 e. The fourth-order valence-corrected chi connectivity index (χ4v) is 18.4. The number of halogens is 6. The van der Waals surface area contributed by atoms with Gasteiger partial charge < -0.3 is 71.7 Å². The predicted octanol–water partition coefficient (Wildman–Crippen LogP) is 22.0. The Morgan fingerprint density at radius 2 is 0.688 bits per heavy atom. The number of hydrogen-bond donors (Lipinski definition) is 7. The van der Waals surface area contributed by atoms with Crippen LogP contribution in [0.4, 0.5) is 68.8 Å². The minimum atomic E-state index is -0.965. The summed E-state index contributed by atoms with van der Waals surface area (Å²) in [6.07, 6.45) is 0.858. The van der Waals surface area contributed by atoms with Gasteiger partial charge in [-0.05, 0) is 283 Å². The van der Waals surface area contributed by atoms with Crippen LogP contribution in [0.15, 0.2) is 265 Å². The number of nitrogens with two attached hydrogens (primary N) is 2. The summed E-state index contributed by atoms with van der Waals surface area (Å²) < 4.78 is 4.67. The molecule has 9 aromatic carbocycles. The number of alkyl halides is 1. The lowest BCUT2D eigenvalue weighted by molar-refractivity contribution is -0.129. The van der Waals surface area contributed by atoms with Gasteiger partial charge in [0.05, 0.1) is 48.6 Å². The van der Waals surface area contributed by atoms with Crippen molar-refractivity contribution in [2.75, 3.05) is 46.7 Å². The number of rotatable bonds is 26. The summed E-state index contributed by atoms with van der Waals surface area (Å²) in [7, 11) is 0. The molecule has 7 aromatic heterocycles. The zero-order chi connectivity index (χ0) is 103. The molecule has 42 heteroatoms. The number of carboxylic acid groups (broad SMARTS) is 1. The number of aromatic nitrogens is 6. The molecule has 730 valence electrons. The van der Waals surface area contributed by atoms with Gasteiger partial charge >= 0.3 is 17.9 Å². The fraction of sp³-hybridized carbons (Fsp3) is 0.137. The Balaban J connectivity index is 0.000000150. The van der Waals surface area contributed by atoms with Crippen molar-refractivity contribution >= 4 is 293 Å². The van der Waals surface area contributed by atoms with E-state index in [0.29, 0.717) is 148 Å². The maximum atomic E-state index is 13.5. The molecule has 0 atom stereocenters. The Morgan fingerprint density at radius 3 is 1.03 bits per heavy atom. The van der Waals surface area contributed by atoms with Crippen molar-refractivity contribution in [3.63, 3.8) is 0 Å². The highest BCUT2D eigenvalue weighted by molar-refractivity contribution is 7.08. The topological polar surface area (TPSA) is 408 Å². The van der Waals surface area contributed by atoms with Crippen LogP contribution in [-0.4, -0.2) is 116 Å². The second-order valence-corrected chi connectivity index (χ2v) is 37.3. The first-order valence-corrected chi connectivity index (χ1v) is 49.4. The van der Waals surface area contributed by atoms with Crippen LogP contribution in [0.5, 0.6) is 0 Å². The van der Waals surface area contributed by atoms with Crippen molar-refractivity contribution in [3.8, 4) is 0 Å². The average Bonchev–Trinajstić information content (AvgIpc) is 1.06. The number of benzene rings is 9. The number of carbonyl (C=O) groups is 11. The smallest absolute Gasteiger partial charge is 0.350 e. The predicted molar refractivity (Wildman–Crippen MR) is 572 cm³/mol. The number of nitrogens with zero attached hydrogens (tertiary/aromatic N) is 14. The van der Waals surface area contributed by atoms with Crippen LogP contribution in [0.3, 0.4) is 0 Å². The van der Waals surface area contributed by atoms with Gasteiger partial charge in [-0.25, -0.2) is 19.8 Å². The Morgan fingerprint density at radius 1 is 0.375 bits per heavy atom. The quantitative estimate of drug-likeness (QED) is 0.0196. The molecule has 0 saturated carbocycles. The summed E-state index contributed by atoms with van der Waals surface area (Å²) in [5, 5.41) is 38.1. The number of anilines is 8. The molecule has 10 amide bonds. The number of fused-ring (bicyclic) bond motifs is 5. The molecule has 2 aliphatic heterocycles. The number of hydrogen-bond acceptors (Lipinski definition) is 20. The monoisotopic (exact) mass is 2120 g/mol. The third-order valence-electron chi connectivity index (χ3n) is 21.2. The molecule has 9 N–H and O–H groups in total. The Kier molecular flexibility index (Phi) is 36.5. The van der Waals surface area contributed by atoms with Crippen LogP contribution < -0.4 is 52.3 Å². The highest BCUT2D eigenvalue weighted by atomic mass is 35.5. The van der Waals surface area contributed by atoms with Crippen molar-refractivity contribution in [3.05, 3.63) is 343 Å². The normalized spacial score (nSPS) is 11.2. The summed E-state index contributed by atoms with van der Waals surface area (Å²) >= 11 is 41.8. The van der Waals surface area contributed by atoms with Crippen molar-refractivity contribution < 1.29 is 57.8 Å². The second kappa shape index (κ2) is 49.7. The molecule has 9 heterocycles. The molecule has 16 aromatic rings. The first-order valence-electron chi connectivity index (χ1n) is 43.2. The van der Waals surface area contributed by atoms with Crippen molar-refractivity contribution in [1.29, 1.82) is 0 Å². The molecular weight excluding hydrogens is 2040 g/mol. The van der Waals surface area contributed by atoms with Gasteiger partial charge in [0.25, 0.3) is 23.6 Å². The van der Waals surface area contributed by atoms with E-state index >= 15 is 0 Å². The average molecular weight is 2120 g/mol. The number of nitrogens with one attached hydrogen (secondary N) is 4. The number of thiophene rings is 4. The molecule has 0 fully saturated rings. The first kappa shape index (κ1) is 106. The van der Waals surface area contributed by atoms with E-state index in [1.807, 2.05) is 67.3 Å². The molecule has 0 unspecified atom stereocenters. The van der Waals surface area contributed by atoms with Gasteiger partial charge in [-0.15, -0.1) is 34.7 Å². The Hall–Kier alpha value is -15.6.